The average molecular weight is 573 g/mol. The van der Waals surface area contributed by atoms with Crippen LogP contribution in [0.1, 0.15) is 35.1 Å². The van der Waals surface area contributed by atoms with Gasteiger partial charge in [0.1, 0.15) is 10.7 Å². The van der Waals surface area contributed by atoms with Crippen LogP contribution in [-0.4, -0.2) is 21.5 Å². The van der Waals surface area contributed by atoms with Crippen LogP contribution in [0.2, 0.25) is 0 Å². The summed E-state index contributed by atoms with van der Waals surface area (Å²) < 4.78 is 0. The molecule has 0 bridgehead atoms. The number of para-hydroxylation sites is 1. The van der Waals surface area contributed by atoms with Crippen molar-refractivity contribution >= 4 is 46.5 Å². The third kappa shape index (κ3) is 6.11. The molecule has 5 nitrogen and oxygen atoms in total. The number of ketones is 1. The molecule has 6 rings (SSSR count). The van der Waals surface area contributed by atoms with E-state index in [-0.39, 0.29) is 11.7 Å². The molecule has 41 heavy (non-hydrogen) atoms. The van der Waals surface area contributed by atoms with Crippen molar-refractivity contribution in [3.05, 3.63) is 144 Å². The van der Waals surface area contributed by atoms with E-state index < -0.39 is 0 Å². The number of nitrogens with zero attached hydrogens (tertiary/aromatic N) is 4. The van der Waals surface area contributed by atoms with Crippen molar-refractivity contribution in [3.8, 4) is 0 Å². The number of hydrogen-bond donors (Lipinski definition) is 0. The lowest BCUT2D eigenvalue weighted by atomic mass is 9.85. The SMILES string of the molecule is CC(=O)C1=NN(c2ccccc2)c2nc(SCc3ccccc3)nc(SCc3ccccc3)c2C1c1ccccc1. The Balaban J connectivity index is 1.53. The highest BCUT2D eigenvalue weighted by molar-refractivity contribution is 7.99. The molecule has 0 fully saturated rings. The molecule has 0 aliphatic carbocycles. The van der Waals surface area contributed by atoms with Crippen molar-refractivity contribution in [2.24, 2.45) is 5.10 Å². The van der Waals surface area contributed by atoms with E-state index in [4.69, 9.17) is 15.1 Å². The van der Waals surface area contributed by atoms with Crippen LogP contribution in [0.3, 0.4) is 0 Å². The first-order valence-corrected chi connectivity index (χ1v) is 15.4. The summed E-state index contributed by atoms with van der Waals surface area (Å²) in [6.45, 7) is 1.59. The minimum atomic E-state index is -0.380. The predicted octanol–water partition coefficient (Wildman–Crippen LogP) is 8.29. The molecule has 0 spiro atoms. The average Bonchev–Trinajstić information content (AvgIpc) is 3.03. The lowest BCUT2D eigenvalue weighted by molar-refractivity contribution is -0.111. The van der Waals surface area contributed by atoms with E-state index in [1.54, 1.807) is 30.4 Å². The number of anilines is 2. The summed E-state index contributed by atoms with van der Waals surface area (Å²) in [4.78, 5) is 23.4. The number of Topliss-reactive ketones (excluding diaryl/α,β-unsaturated/α-hetero) is 1. The lowest BCUT2D eigenvalue weighted by Gasteiger charge is -2.33. The highest BCUT2D eigenvalue weighted by Gasteiger charge is 2.37. The molecule has 1 atom stereocenters. The number of fused-ring (bicyclic) bond motifs is 1. The number of thioether (sulfide) groups is 2. The molecule has 1 aromatic heterocycles. The molecule has 7 heteroatoms. The van der Waals surface area contributed by atoms with E-state index in [1.165, 1.54) is 11.1 Å². The second kappa shape index (κ2) is 12.5. The Morgan fingerprint density at radius 1 is 0.707 bits per heavy atom. The van der Waals surface area contributed by atoms with Gasteiger partial charge in [-0.15, -0.1) is 11.8 Å². The first-order chi connectivity index (χ1) is 20.2. The van der Waals surface area contributed by atoms with Gasteiger partial charge in [0.2, 0.25) is 0 Å². The Kier molecular flexibility index (Phi) is 8.26. The Labute approximate surface area is 248 Å². The van der Waals surface area contributed by atoms with Crippen LogP contribution in [0.15, 0.2) is 137 Å². The third-order valence-corrected chi connectivity index (χ3v) is 8.74. The van der Waals surface area contributed by atoms with E-state index in [2.05, 4.69) is 48.5 Å². The largest absolute Gasteiger partial charge is 0.293 e. The third-order valence-electron chi connectivity index (χ3n) is 6.76. The van der Waals surface area contributed by atoms with Crippen molar-refractivity contribution in [1.29, 1.82) is 0 Å². The van der Waals surface area contributed by atoms with Gasteiger partial charge >= 0.3 is 0 Å². The summed E-state index contributed by atoms with van der Waals surface area (Å²) in [6.07, 6.45) is 0. The predicted molar refractivity (Wildman–Crippen MR) is 169 cm³/mol. The molecule has 4 aromatic carbocycles. The second-order valence-corrected chi connectivity index (χ2v) is 11.5. The number of benzene rings is 4. The molecule has 1 aliphatic rings. The molecular weight excluding hydrogens is 545 g/mol. The Morgan fingerprint density at radius 3 is 1.83 bits per heavy atom. The molecule has 1 aliphatic heterocycles. The number of hydrogen-bond acceptors (Lipinski definition) is 7. The fraction of sp³-hybridized carbons (Fsp3) is 0.118. The van der Waals surface area contributed by atoms with Gasteiger partial charge in [-0.05, 0) is 28.8 Å². The van der Waals surface area contributed by atoms with Crippen molar-refractivity contribution in [2.45, 2.75) is 34.5 Å². The Hall–Kier alpha value is -4.20. The van der Waals surface area contributed by atoms with Crippen molar-refractivity contribution in [3.63, 3.8) is 0 Å². The van der Waals surface area contributed by atoms with Crippen LogP contribution in [0.4, 0.5) is 11.5 Å². The van der Waals surface area contributed by atoms with E-state index in [0.717, 1.165) is 33.3 Å². The summed E-state index contributed by atoms with van der Waals surface area (Å²) in [5.41, 5.74) is 5.63. The maximum Gasteiger partial charge on any atom is 0.191 e. The molecule has 0 amide bonds. The van der Waals surface area contributed by atoms with Crippen molar-refractivity contribution in [1.82, 2.24) is 9.97 Å². The monoisotopic (exact) mass is 572 g/mol. The maximum atomic E-state index is 13.2. The smallest absolute Gasteiger partial charge is 0.191 e. The van der Waals surface area contributed by atoms with Crippen LogP contribution < -0.4 is 5.01 Å². The van der Waals surface area contributed by atoms with Gasteiger partial charge in [0.15, 0.2) is 16.8 Å². The number of aromatic nitrogens is 2. The van der Waals surface area contributed by atoms with E-state index in [0.29, 0.717) is 16.7 Å². The molecular formula is C34H28N4OS2. The zero-order valence-electron chi connectivity index (χ0n) is 22.6. The van der Waals surface area contributed by atoms with Gasteiger partial charge < -0.3 is 0 Å². The summed E-state index contributed by atoms with van der Waals surface area (Å²) in [5, 5.41) is 8.31. The molecule has 202 valence electrons. The van der Waals surface area contributed by atoms with Crippen LogP contribution in [0.5, 0.6) is 0 Å². The van der Waals surface area contributed by atoms with Crippen LogP contribution in [0, 0.1) is 0 Å². The zero-order chi connectivity index (χ0) is 28.0. The molecule has 2 heterocycles. The van der Waals surface area contributed by atoms with Gasteiger partial charge in [0.25, 0.3) is 0 Å². The van der Waals surface area contributed by atoms with Gasteiger partial charge in [0, 0.05) is 24.0 Å². The first-order valence-electron chi connectivity index (χ1n) is 13.4. The molecule has 1 unspecified atom stereocenters. The van der Waals surface area contributed by atoms with Crippen LogP contribution in [-0.2, 0) is 16.3 Å². The Morgan fingerprint density at radius 2 is 1.24 bits per heavy atom. The highest BCUT2D eigenvalue weighted by Crippen LogP contribution is 2.45. The molecule has 0 saturated carbocycles. The number of carbonyl (C=O) groups excluding carboxylic acids is 1. The maximum absolute atomic E-state index is 13.2. The molecule has 0 N–H and O–H groups in total. The van der Waals surface area contributed by atoms with Gasteiger partial charge in [-0.25, -0.2) is 15.0 Å². The molecule has 0 saturated heterocycles. The standard InChI is InChI=1S/C34H28N4OS2/c1-24(39)31-29(27-18-10-4-11-19-27)30-32(38(37-31)28-20-12-5-13-21-28)35-34(41-23-26-16-8-3-9-17-26)36-33(30)40-22-25-14-6-2-7-15-25/h2-21,29H,22-23H2,1H3. The first kappa shape index (κ1) is 27.0. The topological polar surface area (TPSA) is 58.5 Å². The minimum absolute atomic E-state index is 0.0769. The van der Waals surface area contributed by atoms with Crippen LogP contribution >= 0.6 is 23.5 Å². The summed E-state index contributed by atoms with van der Waals surface area (Å²) in [6, 6.07) is 40.7. The second-order valence-electron chi connectivity index (χ2n) is 9.63. The summed E-state index contributed by atoms with van der Waals surface area (Å²) in [7, 11) is 0. The summed E-state index contributed by atoms with van der Waals surface area (Å²) >= 11 is 3.28. The van der Waals surface area contributed by atoms with Crippen LogP contribution in [0.25, 0.3) is 0 Å². The van der Waals surface area contributed by atoms with Gasteiger partial charge in [-0.1, -0.05) is 121 Å². The van der Waals surface area contributed by atoms with E-state index >= 15 is 0 Å². The summed E-state index contributed by atoms with van der Waals surface area (Å²) in [5.74, 6) is 1.74. The Bertz CT molecular complexity index is 1660. The highest BCUT2D eigenvalue weighted by atomic mass is 32.2. The minimum Gasteiger partial charge on any atom is -0.293 e. The number of carbonyl (C=O) groups is 1. The number of rotatable bonds is 9. The van der Waals surface area contributed by atoms with E-state index in [9.17, 15) is 4.79 Å². The number of hydrazone groups is 1. The quantitative estimate of drug-likeness (QED) is 0.101. The van der Waals surface area contributed by atoms with Gasteiger partial charge in [-0.2, -0.15) is 5.10 Å². The molecule has 5 aromatic rings. The van der Waals surface area contributed by atoms with Crippen molar-refractivity contribution in [2.75, 3.05) is 5.01 Å². The van der Waals surface area contributed by atoms with Gasteiger partial charge in [0.05, 0.1) is 11.6 Å². The zero-order valence-corrected chi connectivity index (χ0v) is 24.2. The van der Waals surface area contributed by atoms with E-state index in [1.807, 2.05) is 77.8 Å². The normalized spacial score (nSPS) is 14.3. The van der Waals surface area contributed by atoms with Crippen molar-refractivity contribution < 1.29 is 4.79 Å². The van der Waals surface area contributed by atoms with Gasteiger partial charge in [-0.3, -0.25) is 4.79 Å². The fourth-order valence-electron chi connectivity index (χ4n) is 4.80. The fourth-order valence-corrected chi connectivity index (χ4v) is 6.66. The lowest BCUT2D eigenvalue weighted by Crippen LogP contribution is -2.32. The molecule has 0 radical (unpaired) electrons.